The Morgan fingerprint density at radius 1 is 1.12 bits per heavy atom. The Hall–Kier alpha value is -3.88. The molecule has 4 bridgehead atoms. The van der Waals surface area contributed by atoms with E-state index in [4.69, 9.17) is 9.72 Å². The standard InChI is InChI=1S/C27H30F3N7O4S/c1-25(2)14-17-8-12-31-19-4-3-5-22(32-19)42(39,40)35-24(38)18-6-7-20(33-23(18)36(25)15-17)37-13-9-21(34-37)41-16-26(10-11-26)27(28,29)30/h3-7,9,13,17H,8,10-12,14-16H2,1-2H3,(H,31,32)(H,35,38). The van der Waals surface area contributed by atoms with Gasteiger partial charge < -0.3 is 15.0 Å². The quantitative estimate of drug-likeness (QED) is 0.454. The van der Waals surface area contributed by atoms with E-state index in [2.05, 4.69) is 20.1 Å². The van der Waals surface area contributed by atoms with Crippen molar-refractivity contribution in [2.24, 2.45) is 11.3 Å². The normalized spacial score (nSPS) is 22.4. The van der Waals surface area contributed by atoms with Gasteiger partial charge >= 0.3 is 6.18 Å². The van der Waals surface area contributed by atoms with E-state index in [1.54, 1.807) is 12.1 Å². The van der Waals surface area contributed by atoms with Crippen LogP contribution in [0, 0.1) is 11.3 Å². The summed E-state index contributed by atoms with van der Waals surface area (Å²) in [6.45, 7) is 4.69. The Labute approximate surface area is 240 Å². The fourth-order valence-electron chi connectivity index (χ4n) is 5.58. The van der Waals surface area contributed by atoms with Crippen LogP contribution in [0.4, 0.5) is 24.8 Å². The second-order valence-electron chi connectivity index (χ2n) is 11.7. The lowest BCUT2D eigenvalue weighted by atomic mass is 9.94. The zero-order chi connectivity index (χ0) is 29.9. The molecule has 224 valence electrons. The van der Waals surface area contributed by atoms with Crippen molar-refractivity contribution in [2.75, 3.05) is 29.9 Å². The summed E-state index contributed by atoms with van der Waals surface area (Å²) in [5.41, 5.74) is -2.20. The number of aromatic nitrogens is 4. The Morgan fingerprint density at radius 2 is 1.90 bits per heavy atom. The highest BCUT2D eigenvalue weighted by Crippen LogP contribution is 2.57. The minimum Gasteiger partial charge on any atom is -0.476 e. The molecule has 2 fully saturated rings. The molecule has 3 aromatic rings. The molecular weight excluding hydrogens is 575 g/mol. The number of rotatable bonds is 4. The molecule has 2 N–H and O–H groups in total. The summed E-state index contributed by atoms with van der Waals surface area (Å²) in [6.07, 6.45) is -1.22. The molecule has 3 aliphatic rings. The largest absolute Gasteiger partial charge is 0.476 e. The molecule has 0 spiro atoms. The molecule has 1 aliphatic carbocycles. The zero-order valence-electron chi connectivity index (χ0n) is 23.0. The van der Waals surface area contributed by atoms with Crippen LogP contribution in [0.2, 0.25) is 0 Å². The second kappa shape index (κ2) is 9.85. The van der Waals surface area contributed by atoms with E-state index < -0.39 is 39.7 Å². The maximum atomic E-state index is 13.5. The first kappa shape index (κ1) is 28.2. The van der Waals surface area contributed by atoms with Crippen LogP contribution >= 0.6 is 0 Å². The first-order valence-electron chi connectivity index (χ1n) is 13.6. The molecule has 2 aliphatic heterocycles. The van der Waals surface area contributed by atoms with Gasteiger partial charge in [-0.25, -0.2) is 19.4 Å². The molecule has 15 heteroatoms. The molecule has 0 aromatic carbocycles. The van der Waals surface area contributed by atoms with E-state index in [-0.39, 0.29) is 46.9 Å². The zero-order valence-corrected chi connectivity index (χ0v) is 23.8. The van der Waals surface area contributed by atoms with E-state index in [1.807, 2.05) is 18.7 Å². The summed E-state index contributed by atoms with van der Waals surface area (Å²) in [4.78, 5) is 24.3. The van der Waals surface area contributed by atoms with Crippen molar-refractivity contribution in [3.63, 3.8) is 0 Å². The van der Waals surface area contributed by atoms with Crippen molar-refractivity contribution >= 4 is 27.6 Å². The third kappa shape index (κ3) is 5.25. The van der Waals surface area contributed by atoms with E-state index in [1.165, 1.54) is 35.1 Å². The number of sulfonamides is 1. The molecule has 1 atom stereocenters. The number of ether oxygens (including phenoxy) is 1. The summed E-state index contributed by atoms with van der Waals surface area (Å²) in [7, 11) is -4.30. The minimum absolute atomic E-state index is 0.0139. The number of halogens is 3. The van der Waals surface area contributed by atoms with Gasteiger partial charge in [0.2, 0.25) is 5.88 Å². The molecule has 6 rings (SSSR count). The summed E-state index contributed by atoms with van der Waals surface area (Å²) >= 11 is 0. The number of fused-ring (bicyclic) bond motifs is 6. The highest BCUT2D eigenvalue weighted by molar-refractivity contribution is 7.90. The van der Waals surface area contributed by atoms with Gasteiger partial charge in [0.25, 0.3) is 15.9 Å². The Morgan fingerprint density at radius 3 is 2.64 bits per heavy atom. The highest BCUT2D eigenvalue weighted by Gasteiger charge is 2.64. The van der Waals surface area contributed by atoms with Crippen LogP contribution in [-0.4, -0.2) is 65.5 Å². The number of carbonyl (C=O) groups excluding carboxylic acids is 1. The minimum atomic E-state index is -4.34. The SMILES string of the molecule is CC1(C)CC2CCNc3cccc(n3)S(=O)(=O)NC(=O)c3ccc(-n4ccc(OCC5(C(F)(F)F)CC5)n4)nc3N1C2. The van der Waals surface area contributed by atoms with Crippen LogP contribution in [0.5, 0.6) is 5.88 Å². The first-order chi connectivity index (χ1) is 19.8. The molecule has 1 amide bonds. The smallest absolute Gasteiger partial charge is 0.397 e. The van der Waals surface area contributed by atoms with Gasteiger partial charge in [0, 0.05) is 30.9 Å². The van der Waals surface area contributed by atoms with E-state index in [0.29, 0.717) is 18.9 Å². The maximum Gasteiger partial charge on any atom is 0.397 e. The number of carbonyl (C=O) groups is 1. The predicted octanol–water partition coefficient (Wildman–Crippen LogP) is 3.92. The lowest BCUT2D eigenvalue weighted by Crippen LogP contribution is -2.41. The predicted molar refractivity (Wildman–Crippen MR) is 146 cm³/mol. The Kier molecular flexibility index (Phi) is 6.62. The van der Waals surface area contributed by atoms with Crippen molar-refractivity contribution in [1.82, 2.24) is 24.5 Å². The number of hydrogen-bond donors (Lipinski definition) is 2. The van der Waals surface area contributed by atoms with Crippen molar-refractivity contribution in [2.45, 2.75) is 56.3 Å². The molecule has 5 heterocycles. The van der Waals surface area contributed by atoms with Gasteiger partial charge in [-0.3, -0.25) is 4.79 Å². The number of alkyl halides is 3. The van der Waals surface area contributed by atoms with Crippen LogP contribution in [0.3, 0.4) is 0 Å². The molecular formula is C27H30F3N7O4S. The average Bonchev–Trinajstić information content (AvgIpc) is 3.48. The first-order valence-corrected chi connectivity index (χ1v) is 15.1. The van der Waals surface area contributed by atoms with Crippen LogP contribution in [0.15, 0.2) is 47.6 Å². The summed E-state index contributed by atoms with van der Waals surface area (Å²) in [5.74, 6) is 0.347. The molecule has 3 aromatic heterocycles. The molecule has 1 saturated heterocycles. The van der Waals surface area contributed by atoms with Crippen molar-refractivity contribution in [1.29, 1.82) is 0 Å². The number of pyridine rings is 2. The van der Waals surface area contributed by atoms with Crippen molar-refractivity contribution < 1.29 is 31.1 Å². The van der Waals surface area contributed by atoms with Crippen LogP contribution in [0.25, 0.3) is 5.82 Å². The fraction of sp³-hybridized carbons (Fsp3) is 0.481. The maximum absolute atomic E-state index is 13.5. The monoisotopic (exact) mass is 605 g/mol. The lowest BCUT2D eigenvalue weighted by Gasteiger charge is -2.34. The van der Waals surface area contributed by atoms with Gasteiger partial charge in [0.05, 0.1) is 5.56 Å². The average molecular weight is 606 g/mol. The molecule has 42 heavy (non-hydrogen) atoms. The van der Waals surface area contributed by atoms with Gasteiger partial charge in [-0.15, -0.1) is 5.10 Å². The molecule has 1 saturated carbocycles. The van der Waals surface area contributed by atoms with Crippen LogP contribution in [-0.2, 0) is 10.0 Å². The van der Waals surface area contributed by atoms with Gasteiger partial charge in [0.15, 0.2) is 10.8 Å². The lowest BCUT2D eigenvalue weighted by molar-refractivity contribution is -0.194. The highest BCUT2D eigenvalue weighted by atomic mass is 32.2. The van der Waals surface area contributed by atoms with Crippen LogP contribution in [0.1, 0.15) is 49.9 Å². The Balaban J connectivity index is 1.34. The number of nitrogens with one attached hydrogen (secondary N) is 2. The van der Waals surface area contributed by atoms with Crippen LogP contribution < -0.4 is 19.7 Å². The summed E-state index contributed by atoms with van der Waals surface area (Å²) < 4.78 is 74.9. The summed E-state index contributed by atoms with van der Waals surface area (Å²) in [5, 5.41) is 7.13. The van der Waals surface area contributed by atoms with Gasteiger partial charge in [-0.1, -0.05) is 6.07 Å². The Bertz CT molecular complexity index is 1640. The van der Waals surface area contributed by atoms with E-state index in [0.717, 1.165) is 12.8 Å². The van der Waals surface area contributed by atoms with Gasteiger partial charge in [0.1, 0.15) is 23.7 Å². The van der Waals surface area contributed by atoms with Crippen molar-refractivity contribution in [3.05, 3.63) is 48.2 Å². The summed E-state index contributed by atoms with van der Waals surface area (Å²) in [6, 6.07) is 8.94. The number of amides is 1. The van der Waals surface area contributed by atoms with Gasteiger partial charge in [-0.05, 0) is 69.7 Å². The third-order valence-corrected chi connectivity index (χ3v) is 9.39. The molecule has 11 nitrogen and oxygen atoms in total. The molecule has 0 radical (unpaired) electrons. The number of anilines is 2. The van der Waals surface area contributed by atoms with Crippen molar-refractivity contribution in [3.8, 4) is 11.7 Å². The topological polar surface area (TPSA) is 131 Å². The fourth-order valence-corrected chi connectivity index (χ4v) is 6.52. The van der Waals surface area contributed by atoms with E-state index in [9.17, 15) is 26.4 Å². The number of nitrogens with zero attached hydrogens (tertiary/aromatic N) is 5. The van der Waals surface area contributed by atoms with E-state index >= 15 is 0 Å². The second-order valence-corrected chi connectivity index (χ2v) is 13.3. The number of hydrogen-bond acceptors (Lipinski definition) is 9. The molecule has 1 unspecified atom stereocenters. The van der Waals surface area contributed by atoms with Gasteiger partial charge in [-0.2, -0.15) is 21.6 Å². The third-order valence-electron chi connectivity index (χ3n) is 8.16.